The van der Waals surface area contributed by atoms with E-state index in [9.17, 15) is 9.18 Å². The molecule has 2 heterocycles. The molecule has 0 aliphatic heterocycles. The number of rotatable bonds is 5. The number of aryl methyl sites for hydroxylation is 2. The highest BCUT2D eigenvalue weighted by Gasteiger charge is 2.17. The van der Waals surface area contributed by atoms with Crippen molar-refractivity contribution in [1.82, 2.24) is 19.6 Å². The molecule has 28 heavy (non-hydrogen) atoms. The lowest BCUT2D eigenvalue weighted by Crippen LogP contribution is -2.21. The molecule has 0 fully saturated rings. The number of halogens is 3. The van der Waals surface area contributed by atoms with Crippen molar-refractivity contribution in [3.8, 4) is 0 Å². The van der Waals surface area contributed by atoms with Crippen LogP contribution in [0.4, 0.5) is 10.1 Å². The van der Waals surface area contributed by atoms with Crippen LogP contribution in [0.1, 0.15) is 28.3 Å². The molecule has 3 aromatic rings. The second-order valence-electron chi connectivity index (χ2n) is 6.63. The molecular weight excluding hydrogens is 449 g/mol. The van der Waals surface area contributed by atoms with Crippen LogP contribution in [-0.2, 0) is 17.9 Å². The van der Waals surface area contributed by atoms with Gasteiger partial charge in [0.05, 0.1) is 39.5 Å². The van der Waals surface area contributed by atoms with Crippen molar-refractivity contribution in [3.63, 3.8) is 0 Å². The van der Waals surface area contributed by atoms with Crippen molar-refractivity contribution in [2.24, 2.45) is 0 Å². The van der Waals surface area contributed by atoms with Crippen molar-refractivity contribution in [1.29, 1.82) is 0 Å². The molecule has 1 aromatic carbocycles. The first-order valence-corrected chi connectivity index (χ1v) is 9.81. The number of hydrogen-bond acceptors (Lipinski definition) is 3. The molecule has 0 radical (unpaired) electrons. The van der Waals surface area contributed by atoms with E-state index in [1.54, 1.807) is 15.4 Å². The number of aromatic nitrogens is 4. The quantitative estimate of drug-likeness (QED) is 0.597. The number of amides is 1. The highest BCUT2D eigenvalue weighted by Crippen LogP contribution is 2.24. The molecule has 0 bridgehead atoms. The third kappa shape index (κ3) is 4.12. The molecule has 0 saturated carbocycles. The normalized spacial score (nSPS) is 11.1. The molecule has 9 heteroatoms. The van der Waals surface area contributed by atoms with Gasteiger partial charge in [-0.2, -0.15) is 10.2 Å². The monoisotopic (exact) mass is 467 g/mol. The molecule has 1 amide bonds. The molecular formula is C19H20BrClFN5O. The van der Waals surface area contributed by atoms with Gasteiger partial charge < -0.3 is 5.32 Å². The minimum Gasteiger partial charge on any atom is -0.321 e. The number of benzene rings is 1. The fraction of sp³-hybridized carbons (Fsp3) is 0.316. The first-order valence-electron chi connectivity index (χ1n) is 8.64. The Hall–Kier alpha value is -2.19. The number of nitrogens with one attached hydrogen (secondary N) is 1. The Bertz CT molecular complexity index is 1060. The maximum Gasteiger partial charge on any atom is 0.246 e. The zero-order valence-corrected chi connectivity index (χ0v) is 18.3. The Morgan fingerprint density at radius 2 is 1.82 bits per heavy atom. The fourth-order valence-electron chi connectivity index (χ4n) is 2.99. The average Bonchev–Trinajstić information content (AvgIpc) is 3.02. The van der Waals surface area contributed by atoms with Gasteiger partial charge in [-0.05, 0) is 61.3 Å². The zero-order chi connectivity index (χ0) is 20.6. The Labute approximate surface area is 175 Å². The van der Waals surface area contributed by atoms with Gasteiger partial charge >= 0.3 is 0 Å². The molecule has 0 atom stereocenters. The summed E-state index contributed by atoms with van der Waals surface area (Å²) in [4.78, 5) is 12.5. The van der Waals surface area contributed by atoms with Crippen LogP contribution >= 0.6 is 27.5 Å². The molecule has 0 saturated heterocycles. The average molecular weight is 469 g/mol. The van der Waals surface area contributed by atoms with Gasteiger partial charge in [-0.1, -0.05) is 17.7 Å². The van der Waals surface area contributed by atoms with E-state index in [0.717, 1.165) is 27.1 Å². The van der Waals surface area contributed by atoms with Gasteiger partial charge in [0.25, 0.3) is 0 Å². The van der Waals surface area contributed by atoms with Crippen molar-refractivity contribution in [3.05, 3.63) is 61.9 Å². The van der Waals surface area contributed by atoms with Crippen LogP contribution in [0.15, 0.2) is 22.7 Å². The summed E-state index contributed by atoms with van der Waals surface area (Å²) in [5, 5.41) is 12.1. The predicted octanol–water partition coefficient (Wildman–Crippen LogP) is 4.56. The van der Waals surface area contributed by atoms with Crippen molar-refractivity contribution in [2.45, 2.75) is 40.8 Å². The SMILES string of the molecule is Cc1nn(CC(=O)Nc2c(C)nn(Cc3ccc(F)cc3Cl)c2C)c(C)c1Br. The Balaban J connectivity index is 1.77. The summed E-state index contributed by atoms with van der Waals surface area (Å²) in [6.45, 7) is 7.96. The molecule has 148 valence electrons. The predicted molar refractivity (Wildman–Crippen MR) is 110 cm³/mol. The second kappa shape index (κ2) is 8.05. The lowest BCUT2D eigenvalue weighted by molar-refractivity contribution is -0.116. The highest BCUT2D eigenvalue weighted by molar-refractivity contribution is 9.10. The molecule has 0 aliphatic carbocycles. The molecule has 3 rings (SSSR count). The summed E-state index contributed by atoms with van der Waals surface area (Å²) in [5.41, 5.74) is 4.62. The van der Waals surface area contributed by atoms with Crippen molar-refractivity contribution >= 4 is 39.1 Å². The van der Waals surface area contributed by atoms with Gasteiger partial charge in [0.1, 0.15) is 12.4 Å². The summed E-state index contributed by atoms with van der Waals surface area (Å²) in [7, 11) is 0. The van der Waals surface area contributed by atoms with Crippen molar-refractivity contribution in [2.75, 3.05) is 5.32 Å². The molecule has 2 aromatic heterocycles. The Morgan fingerprint density at radius 3 is 2.43 bits per heavy atom. The third-order valence-corrected chi connectivity index (χ3v) is 6.07. The first-order chi connectivity index (χ1) is 13.2. The van der Waals surface area contributed by atoms with E-state index in [4.69, 9.17) is 11.6 Å². The second-order valence-corrected chi connectivity index (χ2v) is 7.83. The number of hydrogen-bond donors (Lipinski definition) is 1. The van der Waals surface area contributed by atoms with E-state index in [1.165, 1.54) is 12.1 Å². The largest absolute Gasteiger partial charge is 0.321 e. The summed E-state index contributed by atoms with van der Waals surface area (Å²) >= 11 is 9.58. The topological polar surface area (TPSA) is 64.7 Å². The molecule has 0 aliphatic rings. The van der Waals surface area contributed by atoms with Gasteiger partial charge in [0.2, 0.25) is 5.91 Å². The van der Waals surface area contributed by atoms with E-state index in [-0.39, 0.29) is 18.3 Å². The van der Waals surface area contributed by atoms with Gasteiger partial charge in [-0.15, -0.1) is 0 Å². The van der Waals surface area contributed by atoms with E-state index in [2.05, 4.69) is 31.4 Å². The maximum absolute atomic E-state index is 13.2. The molecule has 0 spiro atoms. The number of carbonyl (C=O) groups excluding carboxylic acids is 1. The Morgan fingerprint density at radius 1 is 1.14 bits per heavy atom. The van der Waals surface area contributed by atoms with Crippen LogP contribution in [0.2, 0.25) is 5.02 Å². The van der Waals surface area contributed by atoms with Gasteiger partial charge in [0, 0.05) is 5.02 Å². The molecule has 6 nitrogen and oxygen atoms in total. The van der Waals surface area contributed by atoms with Crippen molar-refractivity contribution < 1.29 is 9.18 Å². The van der Waals surface area contributed by atoms with Crippen LogP contribution < -0.4 is 5.32 Å². The fourth-order valence-corrected chi connectivity index (χ4v) is 3.50. The van der Waals surface area contributed by atoms with Gasteiger partial charge in [-0.3, -0.25) is 14.2 Å². The lowest BCUT2D eigenvalue weighted by atomic mass is 10.2. The first kappa shape index (κ1) is 20.5. The molecule has 1 N–H and O–H groups in total. The Kier molecular flexibility index (Phi) is 5.90. The van der Waals surface area contributed by atoms with Crippen LogP contribution in [0.3, 0.4) is 0 Å². The number of nitrogens with zero attached hydrogens (tertiary/aromatic N) is 4. The zero-order valence-electron chi connectivity index (χ0n) is 16.0. The summed E-state index contributed by atoms with van der Waals surface area (Å²) in [6, 6.07) is 4.27. The summed E-state index contributed by atoms with van der Waals surface area (Å²) in [6.07, 6.45) is 0. The van der Waals surface area contributed by atoms with Gasteiger partial charge in [-0.25, -0.2) is 4.39 Å². The summed E-state index contributed by atoms with van der Waals surface area (Å²) in [5.74, 6) is -0.575. The molecule has 0 unspecified atom stereocenters. The maximum atomic E-state index is 13.2. The van der Waals surface area contributed by atoms with Gasteiger partial charge in [0.15, 0.2) is 0 Å². The number of anilines is 1. The van der Waals surface area contributed by atoms with E-state index >= 15 is 0 Å². The van der Waals surface area contributed by atoms with Crippen LogP contribution in [0.25, 0.3) is 0 Å². The van der Waals surface area contributed by atoms with Crippen LogP contribution in [0, 0.1) is 33.5 Å². The lowest BCUT2D eigenvalue weighted by Gasteiger charge is -2.09. The number of carbonyl (C=O) groups is 1. The third-order valence-electron chi connectivity index (χ3n) is 4.57. The smallest absolute Gasteiger partial charge is 0.246 e. The van der Waals surface area contributed by atoms with E-state index in [0.29, 0.717) is 22.9 Å². The minimum atomic E-state index is -0.383. The summed E-state index contributed by atoms with van der Waals surface area (Å²) < 4.78 is 17.5. The standard InChI is InChI=1S/C19H20BrClFN5O/c1-10-18(20)12(3)27(24-10)9-17(28)23-19-11(2)25-26(13(19)4)8-14-5-6-15(22)7-16(14)21/h5-7H,8-9H2,1-4H3,(H,23,28). The van der Waals surface area contributed by atoms with Crippen LogP contribution in [0.5, 0.6) is 0 Å². The highest BCUT2D eigenvalue weighted by atomic mass is 79.9. The van der Waals surface area contributed by atoms with E-state index in [1.807, 2.05) is 27.7 Å². The van der Waals surface area contributed by atoms with Crippen LogP contribution in [-0.4, -0.2) is 25.5 Å². The minimum absolute atomic E-state index is 0.103. The van der Waals surface area contributed by atoms with E-state index < -0.39 is 0 Å².